The normalized spacial score (nSPS) is 10.9. The zero-order valence-electron chi connectivity index (χ0n) is 12.2. The number of carbonyl (C=O) groups is 1. The molecule has 0 radical (unpaired) electrons. The number of halogens is 1. The molecule has 0 saturated carbocycles. The van der Waals surface area contributed by atoms with E-state index in [1.54, 1.807) is 31.4 Å². The second-order valence-electron chi connectivity index (χ2n) is 4.60. The van der Waals surface area contributed by atoms with Gasteiger partial charge in [-0.25, -0.2) is 9.48 Å². The number of nitrogens with two attached hydrogens (primary N) is 1. The minimum atomic E-state index is -1.16. The van der Waals surface area contributed by atoms with E-state index in [0.29, 0.717) is 5.75 Å². The van der Waals surface area contributed by atoms with Crippen molar-refractivity contribution in [2.24, 2.45) is 0 Å². The molecule has 0 saturated heterocycles. The molecule has 0 spiro atoms. The monoisotopic (exact) mass is 335 g/mol. The van der Waals surface area contributed by atoms with Crippen LogP contribution in [-0.4, -0.2) is 28.0 Å². The summed E-state index contributed by atoms with van der Waals surface area (Å²) in [5.74, 6) is -0.468. The van der Waals surface area contributed by atoms with Gasteiger partial charge in [-0.2, -0.15) is 5.10 Å². The van der Waals surface area contributed by atoms with E-state index in [9.17, 15) is 9.59 Å². The predicted molar refractivity (Wildman–Crippen MR) is 86.7 cm³/mol. The fourth-order valence-electron chi connectivity index (χ4n) is 1.85. The molecule has 0 aliphatic carbocycles. The van der Waals surface area contributed by atoms with E-state index in [4.69, 9.17) is 27.2 Å². The molecule has 2 aromatic rings. The van der Waals surface area contributed by atoms with Crippen molar-refractivity contribution in [3.05, 3.63) is 57.0 Å². The summed E-state index contributed by atoms with van der Waals surface area (Å²) in [4.78, 5) is 22.7. The molecule has 1 aromatic carbocycles. The van der Waals surface area contributed by atoms with Gasteiger partial charge in [0.05, 0.1) is 19.3 Å². The molecule has 0 amide bonds. The maximum absolute atomic E-state index is 12.1. The number of hydrogen-bond acceptors (Lipinski definition) is 5. The highest BCUT2D eigenvalue weighted by molar-refractivity contribution is 6.33. The number of carboxylic acids is 1. The van der Waals surface area contributed by atoms with Crippen LogP contribution in [0.15, 0.2) is 35.1 Å². The van der Waals surface area contributed by atoms with Crippen LogP contribution < -0.4 is 16.0 Å². The smallest absolute Gasteiger partial charge is 0.328 e. The van der Waals surface area contributed by atoms with Crippen molar-refractivity contribution >= 4 is 29.3 Å². The van der Waals surface area contributed by atoms with Crippen molar-refractivity contribution in [1.82, 2.24) is 9.78 Å². The van der Waals surface area contributed by atoms with E-state index >= 15 is 0 Å². The van der Waals surface area contributed by atoms with Crippen LogP contribution in [0, 0.1) is 0 Å². The molecule has 0 bridgehead atoms. The standard InChI is InChI=1S/C15H14ClN3O4/c1-23-10-4-2-9(3-5-10)8-19-15(22)13(16)14(17)11(18-19)6-7-12(20)21/h2-7H,8,17H2,1H3,(H,20,21)/b7-6+. The lowest BCUT2D eigenvalue weighted by atomic mass is 10.2. The zero-order valence-corrected chi connectivity index (χ0v) is 12.9. The Bertz CT molecular complexity index is 813. The maximum Gasteiger partial charge on any atom is 0.328 e. The summed E-state index contributed by atoms with van der Waals surface area (Å²) < 4.78 is 6.19. The first-order chi connectivity index (χ1) is 10.9. The van der Waals surface area contributed by atoms with Gasteiger partial charge in [-0.05, 0) is 23.8 Å². The summed E-state index contributed by atoms with van der Waals surface area (Å²) in [7, 11) is 1.56. The van der Waals surface area contributed by atoms with E-state index < -0.39 is 11.5 Å². The highest BCUT2D eigenvalue weighted by Crippen LogP contribution is 2.18. The molecule has 0 aliphatic heterocycles. The van der Waals surface area contributed by atoms with E-state index in [0.717, 1.165) is 16.3 Å². The van der Waals surface area contributed by atoms with Crippen LogP contribution in [-0.2, 0) is 11.3 Å². The van der Waals surface area contributed by atoms with Gasteiger partial charge >= 0.3 is 5.97 Å². The molecule has 0 unspecified atom stereocenters. The van der Waals surface area contributed by atoms with Crippen molar-refractivity contribution in [2.45, 2.75) is 6.54 Å². The van der Waals surface area contributed by atoms with Crippen LogP contribution in [0.25, 0.3) is 6.08 Å². The predicted octanol–water partition coefficient (Wildman–Crippen LogP) is 1.63. The van der Waals surface area contributed by atoms with Crippen molar-refractivity contribution in [1.29, 1.82) is 0 Å². The number of ether oxygens (including phenoxy) is 1. The van der Waals surface area contributed by atoms with E-state index in [1.807, 2.05) is 0 Å². The lowest BCUT2D eigenvalue weighted by Crippen LogP contribution is -2.26. The number of rotatable bonds is 5. The first-order valence-corrected chi connectivity index (χ1v) is 6.90. The number of carboxylic acid groups (broad SMARTS) is 1. The van der Waals surface area contributed by atoms with Gasteiger partial charge in [0.25, 0.3) is 5.56 Å². The van der Waals surface area contributed by atoms with Gasteiger partial charge in [-0.1, -0.05) is 23.7 Å². The number of anilines is 1. The lowest BCUT2D eigenvalue weighted by Gasteiger charge is -2.09. The lowest BCUT2D eigenvalue weighted by molar-refractivity contribution is -0.131. The molecule has 8 heteroatoms. The zero-order chi connectivity index (χ0) is 17.0. The average Bonchev–Trinajstić information content (AvgIpc) is 2.54. The van der Waals surface area contributed by atoms with Crippen molar-refractivity contribution in [2.75, 3.05) is 12.8 Å². The van der Waals surface area contributed by atoms with Gasteiger partial charge in [0.1, 0.15) is 16.5 Å². The van der Waals surface area contributed by atoms with Gasteiger partial charge in [0, 0.05) is 6.08 Å². The third-order valence-electron chi connectivity index (χ3n) is 3.04. The Morgan fingerprint density at radius 1 is 1.43 bits per heavy atom. The number of nitrogen functional groups attached to an aromatic ring is 1. The summed E-state index contributed by atoms with van der Waals surface area (Å²) >= 11 is 5.92. The largest absolute Gasteiger partial charge is 0.497 e. The van der Waals surface area contributed by atoms with Crippen LogP contribution >= 0.6 is 11.6 Å². The molecule has 2 rings (SSSR count). The fraction of sp³-hybridized carbons (Fsp3) is 0.133. The number of aromatic nitrogens is 2. The van der Waals surface area contributed by atoms with Gasteiger partial charge in [-0.3, -0.25) is 4.79 Å². The van der Waals surface area contributed by atoms with Crippen molar-refractivity contribution in [3.8, 4) is 5.75 Å². The van der Waals surface area contributed by atoms with Crippen molar-refractivity contribution in [3.63, 3.8) is 0 Å². The van der Waals surface area contributed by atoms with Crippen LogP contribution in [0.2, 0.25) is 5.02 Å². The third-order valence-corrected chi connectivity index (χ3v) is 3.40. The van der Waals surface area contributed by atoms with Crippen LogP contribution in [0.4, 0.5) is 5.69 Å². The molecular formula is C15H14ClN3O4. The average molecular weight is 336 g/mol. The minimum absolute atomic E-state index is 0.0554. The number of hydrogen-bond donors (Lipinski definition) is 2. The molecule has 23 heavy (non-hydrogen) atoms. The molecule has 0 fully saturated rings. The molecule has 0 atom stereocenters. The maximum atomic E-state index is 12.1. The summed E-state index contributed by atoms with van der Waals surface area (Å²) in [5, 5.41) is 12.5. The van der Waals surface area contributed by atoms with Crippen molar-refractivity contribution < 1.29 is 14.6 Å². The highest BCUT2D eigenvalue weighted by atomic mass is 35.5. The number of methoxy groups -OCH3 is 1. The topological polar surface area (TPSA) is 107 Å². The van der Waals surface area contributed by atoms with Gasteiger partial charge in [0.15, 0.2) is 0 Å². The summed E-state index contributed by atoms with van der Waals surface area (Å²) in [6.45, 7) is 0.163. The van der Waals surface area contributed by atoms with E-state index in [-0.39, 0.29) is 22.9 Å². The van der Waals surface area contributed by atoms with Gasteiger partial charge in [-0.15, -0.1) is 0 Å². The number of benzene rings is 1. The second-order valence-corrected chi connectivity index (χ2v) is 4.97. The molecule has 1 heterocycles. The summed E-state index contributed by atoms with van der Waals surface area (Å²) in [6.07, 6.45) is 2.06. The number of aliphatic carboxylic acids is 1. The van der Waals surface area contributed by atoms with Crippen LogP contribution in [0.1, 0.15) is 11.3 Å². The highest BCUT2D eigenvalue weighted by Gasteiger charge is 2.12. The van der Waals surface area contributed by atoms with E-state index in [1.165, 1.54) is 6.08 Å². The van der Waals surface area contributed by atoms with Crippen LogP contribution in [0.3, 0.4) is 0 Å². The Labute approximate surface area is 136 Å². The Balaban J connectivity index is 2.41. The quantitative estimate of drug-likeness (QED) is 0.804. The SMILES string of the molecule is COc1ccc(Cn2nc(/C=C/C(=O)O)c(N)c(Cl)c2=O)cc1. The Kier molecular flexibility index (Phi) is 5.02. The molecule has 7 nitrogen and oxygen atoms in total. The van der Waals surface area contributed by atoms with Gasteiger partial charge in [0.2, 0.25) is 0 Å². The van der Waals surface area contributed by atoms with Gasteiger partial charge < -0.3 is 15.6 Å². The summed E-state index contributed by atoms with van der Waals surface area (Å²) in [5.41, 5.74) is 6.01. The second kappa shape index (κ2) is 6.97. The Hall–Kier alpha value is -2.80. The molecule has 3 N–H and O–H groups in total. The third kappa shape index (κ3) is 3.89. The molecular weight excluding hydrogens is 322 g/mol. The fourth-order valence-corrected chi connectivity index (χ4v) is 2.05. The van der Waals surface area contributed by atoms with E-state index in [2.05, 4.69) is 5.10 Å². The van der Waals surface area contributed by atoms with Crippen LogP contribution in [0.5, 0.6) is 5.75 Å². The Morgan fingerprint density at radius 2 is 2.09 bits per heavy atom. The number of nitrogens with zero attached hydrogens (tertiary/aromatic N) is 2. The molecule has 0 aliphatic rings. The minimum Gasteiger partial charge on any atom is -0.497 e. The summed E-state index contributed by atoms with van der Waals surface area (Å²) in [6, 6.07) is 7.07. The molecule has 1 aromatic heterocycles. The first-order valence-electron chi connectivity index (χ1n) is 6.52. The Morgan fingerprint density at radius 3 is 2.65 bits per heavy atom. The molecule has 120 valence electrons. The first kappa shape index (κ1) is 16.6.